The van der Waals surface area contributed by atoms with Gasteiger partial charge in [0.2, 0.25) is 0 Å². The highest BCUT2D eigenvalue weighted by molar-refractivity contribution is 7.89. The van der Waals surface area contributed by atoms with E-state index in [9.17, 15) is 13.5 Å². The number of sulfonamides is 1. The maximum absolute atomic E-state index is 11.1. The molecular weight excluding hydrogens is 204 g/mol. The minimum Gasteiger partial charge on any atom is -0.386 e. The molecule has 0 aliphatic carbocycles. The van der Waals surface area contributed by atoms with Crippen LogP contribution in [0, 0.1) is 0 Å². The highest BCUT2D eigenvalue weighted by Crippen LogP contribution is 2.23. The van der Waals surface area contributed by atoms with Crippen molar-refractivity contribution in [2.75, 3.05) is 0 Å². The molecule has 1 aromatic rings. The van der Waals surface area contributed by atoms with Crippen molar-refractivity contribution in [2.45, 2.75) is 24.5 Å². The van der Waals surface area contributed by atoms with Gasteiger partial charge in [-0.05, 0) is 19.9 Å². The minimum absolute atomic E-state index is 0.197. The van der Waals surface area contributed by atoms with E-state index in [-0.39, 0.29) is 10.6 Å². The van der Waals surface area contributed by atoms with Gasteiger partial charge in [0.05, 0.1) is 5.60 Å². The summed E-state index contributed by atoms with van der Waals surface area (Å²) in [5, 5.41) is 14.3. The molecule has 6 heteroatoms. The quantitative estimate of drug-likeness (QED) is 0.725. The first-order chi connectivity index (χ1) is 6.23. The summed E-state index contributed by atoms with van der Waals surface area (Å²) in [6.45, 7) is 2.94. The van der Waals surface area contributed by atoms with E-state index < -0.39 is 15.6 Å². The SMILES string of the molecule is CC(C)(O)c1cccnc1S(N)(=O)=O. The molecule has 1 heterocycles. The molecule has 0 saturated heterocycles. The molecule has 0 fully saturated rings. The summed E-state index contributed by atoms with van der Waals surface area (Å²) in [5.74, 6) is 0. The third-order valence-electron chi connectivity index (χ3n) is 1.70. The summed E-state index contributed by atoms with van der Waals surface area (Å²) in [6.07, 6.45) is 1.31. The number of nitrogens with zero attached hydrogens (tertiary/aromatic N) is 1. The van der Waals surface area contributed by atoms with Crippen LogP contribution in [-0.4, -0.2) is 18.5 Å². The Morgan fingerprint density at radius 3 is 2.43 bits per heavy atom. The first-order valence-electron chi connectivity index (χ1n) is 3.93. The lowest BCUT2D eigenvalue weighted by Crippen LogP contribution is -2.24. The highest BCUT2D eigenvalue weighted by atomic mass is 32.2. The van der Waals surface area contributed by atoms with Crippen molar-refractivity contribution in [3.8, 4) is 0 Å². The van der Waals surface area contributed by atoms with Crippen molar-refractivity contribution in [2.24, 2.45) is 5.14 Å². The Bertz CT molecular complexity index is 434. The van der Waals surface area contributed by atoms with E-state index in [0.29, 0.717) is 0 Å². The fraction of sp³-hybridized carbons (Fsp3) is 0.375. The van der Waals surface area contributed by atoms with Crippen LogP contribution in [0.3, 0.4) is 0 Å². The van der Waals surface area contributed by atoms with Crippen molar-refractivity contribution in [3.63, 3.8) is 0 Å². The number of aliphatic hydroxyl groups is 1. The Labute approximate surface area is 82.6 Å². The van der Waals surface area contributed by atoms with Crippen LogP contribution in [0.4, 0.5) is 0 Å². The van der Waals surface area contributed by atoms with Gasteiger partial charge in [-0.25, -0.2) is 18.5 Å². The molecule has 1 rings (SSSR count). The van der Waals surface area contributed by atoms with E-state index in [1.807, 2.05) is 0 Å². The van der Waals surface area contributed by atoms with Gasteiger partial charge in [-0.3, -0.25) is 0 Å². The first-order valence-corrected chi connectivity index (χ1v) is 5.48. The number of rotatable bonds is 2. The van der Waals surface area contributed by atoms with Gasteiger partial charge in [0, 0.05) is 11.8 Å². The molecule has 5 nitrogen and oxygen atoms in total. The second kappa shape index (κ2) is 3.30. The van der Waals surface area contributed by atoms with Crippen molar-refractivity contribution in [3.05, 3.63) is 23.9 Å². The molecule has 0 aromatic carbocycles. The van der Waals surface area contributed by atoms with Gasteiger partial charge in [-0.2, -0.15) is 0 Å². The van der Waals surface area contributed by atoms with Crippen LogP contribution >= 0.6 is 0 Å². The smallest absolute Gasteiger partial charge is 0.255 e. The molecule has 0 aliphatic heterocycles. The Kier molecular flexibility index (Phi) is 2.62. The topological polar surface area (TPSA) is 93.3 Å². The van der Waals surface area contributed by atoms with Crippen LogP contribution in [-0.2, 0) is 15.6 Å². The van der Waals surface area contributed by atoms with Crippen molar-refractivity contribution >= 4 is 10.0 Å². The summed E-state index contributed by atoms with van der Waals surface area (Å²) in [7, 11) is -3.89. The van der Waals surface area contributed by atoms with Crippen LogP contribution < -0.4 is 5.14 Å². The number of aromatic nitrogens is 1. The predicted molar refractivity (Wildman–Crippen MR) is 50.9 cm³/mol. The second-order valence-corrected chi connectivity index (χ2v) is 4.94. The first kappa shape index (κ1) is 11.1. The monoisotopic (exact) mass is 216 g/mol. The molecule has 1 aromatic heterocycles. The van der Waals surface area contributed by atoms with Crippen LogP contribution in [0.25, 0.3) is 0 Å². The van der Waals surface area contributed by atoms with Gasteiger partial charge < -0.3 is 5.11 Å². The van der Waals surface area contributed by atoms with Crippen LogP contribution in [0.5, 0.6) is 0 Å². The number of hydrogen-bond donors (Lipinski definition) is 2. The lowest BCUT2D eigenvalue weighted by Gasteiger charge is -2.19. The fourth-order valence-electron chi connectivity index (χ4n) is 1.08. The number of pyridine rings is 1. The standard InChI is InChI=1S/C8H12N2O3S/c1-8(2,11)6-4-3-5-10-7(6)14(9,12)13/h3-5,11H,1-2H3,(H2,9,12,13). The zero-order chi connectivity index (χ0) is 11.0. The van der Waals surface area contributed by atoms with E-state index in [1.165, 1.54) is 26.1 Å². The third kappa shape index (κ3) is 2.28. The minimum atomic E-state index is -3.89. The normalized spacial score (nSPS) is 12.9. The van der Waals surface area contributed by atoms with Gasteiger partial charge >= 0.3 is 0 Å². The Hall–Kier alpha value is -0.980. The Morgan fingerprint density at radius 1 is 1.50 bits per heavy atom. The van der Waals surface area contributed by atoms with Crippen LogP contribution in [0.1, 0.15) is 19.4 Å². The highest BCUT2D eigenvalue weighted by Gasteiger charge is 2.25. The van der Waals surface area contributed by atoms with E-state index in [0.717, 1.165) is 0 Å². The van der Waals surface area contributed by atoms with Crippen LogP contribution in [0.15, 0.2) is 23.4 Å². The molecule has 14 heavy (non-hydrogen) atoms. The molecule has 0 spiro atoms. The Balaban J connectivity index is 3.47. The largest absolute Gasteiger partial charge is 0.386 e. The van der Waals surface area contributed by atoms with Gasteiger partial charge in [0.25, 0.3) is 10.0 Å². The second-order valence-electron chi connectivity index (χ2n) is 3.46. The predicted octanol–water partition coefficient (Wildman–Crippen LogP) is -0.0436. The average molecular weight is 216 g/mol. The summed E-state index contributed by atoms with van der Waals surface area (Å²) in [6, 6.07) is 3.02. The van der Waals surface area contributed by atoms with Gasteiger partial charge in [-0.15, -0.1) is 0 Å². The summed E-state index contributed by atoms with van der Waals surface area (Å²) >= 11 is 0. The van der Waals surface area contributed by atoms with E-state index in [1.54, 1.807) is 6.07 Å². The van der Waals surface area contributed by atoms with Crippen LogP contribution in [0.2, 0.25) is 0 Å². The summed E-state index contributed by atoms with van der Waals surface area (Å²) in [5.41, 5.74) is -1.08. The van der Waals surface area contributed by atoms with Gasteiger partial charge in [0.15, 0.2) is 5.03 Å². The molecule has 3 N–H and O–H groups in total. The van der Waals surface area contributed by atoms with Crippen molar-refractivity contribution in [1.82, 2.24) is 4.98 Å². The summed E-state index contributed by atoms with van der Waals surface area (Å²) < 4.78 is 22.2. The molecule has 0 aliphatic rings. The zero-order valence-electron chi connectivity index (χ0n) is 7.93. The third-order valence-corrected chi connectivity index (χ3v) is 2.56. The molecule has 0 radical (unpaired) electrons. The Morgan fingerprint density at radius 2 is 2.07 bits per heavy atom. The van der Waals surface area contributed by atoms with E-state index in [4.69, 9.17) is 5.14 Å². The molecular formula is C8H12N2O3S. The maximum atomic E-state index is 11.1. The average Bonchev–Trinajstić information content (AvgIpc) is 2.01. The molecule has 0 saturated carbocycles. The summed E-state index contributed by atoms with van der Waals surface area (Å²) in [4.78, 5) is 3.64. The molecule has 0 atom stereocenters. The fourth-order valence-corrected chi connectivity index (χ4v) is 1.92. The lowest BCUT2D eigenvalue weighted by molar-refractivity contribution is 0.0747. The maximum Gasteiger partial charge on any atom is 0.255 e. The molecule has 0 unspecified atom stereocenters. The number of hydrogen-bond acceptors (Lipinski definition) is 4. The molecule has 0 bridgehead atoms. The number of nitrogens with two attached hydrogens (primary N) is 1. The van der Waals surface area contributed by atoms with E-state index >= 15 is 0 Å². The van der Waals surface area contributed by atoms with E-state index in [2.05, 4.69) is 4.98 Å². The van der Waals surface area contributed by atoms with Gasteiger partial charge in [-0.1, -0.05) is 6.07 Å². The number of primary sulfonamides is 1. The molecule has 0 amide bonds. The zero-order valence-corrected chi connectivity index (χ0v) is 8.75. The lowest BCUT2D eigenvalue weighted by atomic mass is 10.0. The van der Waals surface area contributed by atoms with Crippen molar-refractivity contribution < 1.29 is 13.5 Å². The molecule has 78 valence electrons. The van der Waals surface area contributed by atoms with Crippen molar-refractivity contribution in [1.29, 1.82) is 0 Å². The van der Waals surface area contributed by atoms with Gasteiger partial charge in [0.1, 0.15) is 0 Å².